The van der Waals surface area contributed by atoms with E-state index in [4.69, 9.17) is 44.6 Å². The molecule has 2 N–H and O–H groups in total. The van der Waals surface area contributed by atoms with E-state index in [2.05, 4.69) is 15.6 Å². The molecule has 1 aliphatic rings. The van der Waals surface area contributed by atoms with E-state index in [1.54, 1.807) is 37.6 Å². The summed E-state index contributed by atoms with van der Waals surface area (Å²) in [5.74, 6) is 1.70. The highest BCUT2D eigenvalue weighted by Crippen LogP contribution is 2.41. The number of methoxy groups -OCH3 is 1. The average Bonchev–Trinajstić information content (AvgIpc) is 3.52. The van der Waals surface area contributed by atoms with Crippen LogP contribution in [0.5, 0.6) is 5.75 Å². The molecule has 1 saturated heterocycles. The maximum absolute atomic E-state index is 12.9. The molecule has 5 rings (SSSR count). The predicted molar refractivity (Wildman–Crippen MR) is 153 cm³/mol. The number of para-hydroxylation sites is 2. The smallest absolute Gasteiger partial charge is 0.226 e. The maximum atomic E-state index is 12.9. The number of anilines is 1. The molecule has 0 radical (unpaired) electrons. The van der Waals surface area contributed by atoms with Crippen LogP contribution in [0.25, 0.3) is 11.3 Å². The summed E-state index contributed by atoms with van der Waals surface area (Å²) in [6, 6.07) is 21.4. The fraction of sp³-hybridized carbons (Fsp3) is 0.179. The SMILES string of the molecule is COc1ccccc1NC(=O)CCN1C(=S)N[C@H](c2ccccn2)[C@@H]1c1ccc(-c2ccc(Cl)cc2Cl)o1. The van der Waals surface area contributed by atoms with E-state index in [0.29, 0.717) is 44.7 Å². The van der Waals surface area contributed by atoms with Gasteiger partial charge in [0, 0.05) is 29.7 Å². The number of rotatable bonds is 8. The molecule has 0 unspecified atom stereocenters. The van der Waals surface area contributed by atoms with Crippen molar-refractivity contribution >= 4 is 52.1 Å². The normalized spacial score (nSPS) is 16.8. The zero-order valence-electron chi connectivity index (χ0n) is 20.4. The molecule has 2 aromatic carbocycles. The number of halogens is 2. The summed E-state index contributed by atoms with van der Waals surface area (Å²) in [4.78, 5) is 19.4. The molecular weight excluding hydrogens is 543 g/mol. The first-order valence-corrected chi connectivity index (χ1v) is 13.1. The van der Waals surface area contributed by atoms with Crippen LogP contribution in [-0.4, -0.2) is 34.6 Å². The molecule has 10 heteroatoms. The Kier molecular flexibility index (Phi) is 7.83. The summed E-state index contributed by atoms with van der Waals surface area (Å²) in [5, 5.41) is 7.83. The fourth-order valence-electron chi connectivity index (χ4n) is 4.48. The van der Waals surface area contributed by atoms with Crippen molar-refractivity contribution in [1.82, 2.24) is 15.2 Å². The van der Waals surface area contributed by atoms with Crippen LogP contribution >= 0.6 is 35.4 Å². The Bertz CT molecular complexity index is 1460. The molecule has 38 heavy (non-hydrogen) atoms. The quantitative estimate of drug-likeness (QED) is 0.231. The highest BCUT2D eigenvalue weighted by atomic mass is 35.5. The van der Waals surface area contributed by atoms with Gasteiger partial charge in [-0.1, -0.05) is 41.4 Å². The first kappa shape index (κ1) is 26.0. The number of nitrogens with one attached hydrogen (secondary N) is 2. The van der Waals surface area contributed by atoms with Gasteiger partial charge < -0.3 is 24.7 Å². The number of benzene rings is 2. The second kappa shape index (κ2) is 11.4. The number of carbonyl (C=O) groups is 1. The van der Waals surface area contributed by atoms with E-state index < -0.39 is 0 Å². The minimum Gasteiger partial charge on any atom is -0.495 e. The Balaban J connectivity index is 1.41. The van der Waals surface area contributed by atoms with Gasteiger partial charge in [-0.25, -0.2) is 0 Å². The number of aromatic nitrogens is 1. The van der Waals surface area contributed by atoms with Crippen LogP contribution in [0.15, 0.2) is 83.4 Å². The second-order valence-corrected chi connectivity index (χ2v) is 9.87. The van der Waals surface area contributed by atoms with E-state index in [1.165, 1.54) is 0 Å². The van der Waals surface area contributed by atoms with Gasteiger partial charge in [-0.05, 0) is 66.8 Å². The summed E-state index contributed by atoms with van der Waals surface area (Å²) in [6.07, 6.45) is 1.93. The van der Waals surface area contributed by atoms with E-state index in [9.17, 15) is 4.79 Å². The zero-order chi connectivity index (χ0) is 26.6. The standard InChI is InChI=1S/C28H24Cl2N4O3S/c1-36-23-8-3-2-6-20(23)32-25(35)13-15-34-27(26(33-28(34)38)21-7-4-5-14-31-21)24-12-11-22(37-24)18-10-9-17(29)16-19(18)30/h2-12,14,16,26-27H,13,15H2,1H3,(H,32,35)(H,33,38)/t26-,27+/m1/s1. The number of nitrogens with zero attached hydrogens (tertiary/aromatic N) is 2. The Hall–Kier alpha value is -3.59. The van der Waals surface area contributed by atoms with Crippen molar-refractivity contribution in [2.75, 3.05) is 19.0 Å². The van der Waals surface area contributed by atoms with Crippen LogP contribution in [-0.2, 0) is 4.79 Å². The number of thiocarbonyl (C=S) groups is 1. The third kappa shape index (κ3) is 5.48. The number of hydrogen-bond donors (Lipinski definition) is 2. The third-order valence-corrected chi connectivity index (χ3v) is 7.17. The molecule has 0 aliphatic carbocycles. The predicted octanol–water partition coefficient (Wildman–Crippen LogP) is 6.66. The van der Waals surface area contributed by atoms with Crippen LogP contribution in [0, 0.1) is 0 Å². The van der Waals surface area contributed by atoms with Crippen LogP contribution in [0.3, 0.4) is 0 Å². The fourth-order valence-corrected chi connectivity index (χ4v) is 5.32. The van der Waals surface area contributed by atoms with Crippen molar-refractivity contribution < 1.29 is 13.9 Å². The topological polar surface area (TPSA) is 79.6 Å². The number of pyridine rings is 1. The summed E-state index contributed by atoms with van der Waals surface area (Å²) in [7, 11) is 1.57. The lowest BCUT2D eigenvalue weighted by molar-refractivity contribution is -0.116. The van der Waals surface area contributed by atoms with Crippen LogP contribution in [0.1, 0.15) is 30.0 Å². The number of amides is 1. The van der Waals surface area contributed by atoms with Crippen LogP contribution in [0.2, 0.25) is 10.0 Å². The van der Waals surface area contributed by atoms with Gasteiger partial charge >= 0.3 is 0 Å². The Labute approximate surface area is 235 Å². The van der Waals surface area contributed by atoms with Crippen molar-refractivity contribution in [1.29, 1.82) is 0 Å². The molecule has 1 amide bonds. The van der Waals surface area contributed by atoms with Crippen molar-refractivity contribution in [2.45, 2.75) is 18.5 Å². The largest absolute Gasteiger partial charge is 0.495 e. The molecule has 0 saturated carbocycles. The van der Waals surface area contributed by atoms with E-state index in [0.717, 1.165) is 11.3 Å². The van der Waals surface area contributed by atoms with Gasteiger partial charge in [0.15, 0.2) is 5.11 Å². The monoisotopic (exact) mass is 566 g/mol. The van der Waals surface area contributed by atoms with E-state index in [1.807, 2.05) is 53.4 Å². The average molecular weight is 567 g/mol. The highest BCUT2D eigenvalue weighted by molar-refractivity contribution is 7.80. The molecule has 194 valence electrons. The van der Waals surface area contributed by atoms with Gasteiger partial charge in [0.25, 0.3) is 0 Å². The van der Waals surface area contributed by atoms with Crippen LogP contribution < -0.4 is 15.4 Å². The summed E-state index contributed by atoms with van der Waals surface area (Å²) < 4.78 is 11.7. The zero-order valence-corrected chi connectivity index (χ0v) is 22.7. The molecular formula is C28H24Cl2N4O3S. The second-order valence-electron chi connectivity index (χ2n) is 8.64. The third-order valence-electron chi connectivity index (χ3n) is 6.27. The number of furan rings is 1. The van der Waals surface area contributed by atoms with Gasteiger partial charge in [0.2, 0.25) is 5.91 Å². The van der Waals surface area contributed by atoms with Crippen molar-refractivity contribution in [3.05, 3.63) is 100 Å². The molecule has 1 fully saturated rings. The first-order chi connectivity index (χ1) is 18.4. The molecule has 0 bridgehead atoms. The lowest BCUT2D eigenvalue weighted by atomic mass is 10.0. The van der Waals surface area contributed by atoms with Crippen molar-refractivity contribution in [2.24, 2.45) is 0 Å². The van der Waals surface area contributed by atoms with E-state index >= 15 is 0 Å². The Morgan fingerprint density at radius 1 is 1.13 bits per heavy atom. The number of hydrogen-bond acceptors (Lipinski definition) is 5. The van der Waals surface area contributed by atoms with Gasteiger partial charge in [0.1, 0.15) is 23.3 Å². The lowest BCUT2D eigenvalue weighted by Gasteiger charge is -2.26. The Morgan fingerprint density at radius 3 is 2.71 bits per heavy atom. The minimum atomic E-state index is -0.337. The molecule has 7 nitrogen and oxygen atoms in total. The maximum Gasteiger partial charge on any atom is 0.226 e. The highest BCUT2D eigenvalue weighted by Gasteiger charge is 2.41. The van der Waals surface area contributed by atoms with Crippen molar-refractivity contribution in [3.63, 3.8) is 0 Å². The summed E-state index contributed by atoms with van der Waals surface area (Å²) >= 11 is 18.2. The molecule has 4 aromatic rings. The lowest BCUT2D eigenvalue weighted by Crippen LogP contribution is -2.32. The van der Waals surface area contributed by atoms with Gasteiger partial charge in [-0.15, -0.1) is 0 Å². The number of ether oxygens (including phenoxy) is 1. The molecule has 2 aromatic heterocycles. The van der Waals surface area contributed by atoms with Gasteiger partial charge in [0.05, 0.1) is 29.6 Å². The van der Waals surface area contributed by atoms with Crippen LogP contribution in [0.4, 0.5) is 5.69 Å². The van der Waals surface area contributed by atoms with Crippen molar-refractivity contribution in [3.8, 4) is 17.1 Å². The molecule has 1 aliphatic heterocycles. The Morgan fingerprint density at radius 2 is 1.95 bits per heavy atom. The van der Waals surface area contributed by atoms with Gasteiger partial charge in [-0.3, -0.25) is 9.78 Å². The summed E-state index contributed by atoms with van der Waals surface area (Å²) in [5.41, 5.74) is 2.15. The number of carbonyl (C=O) groups excluding carboxylic acids is 1. The molecule has 3 heterocycles. The minimum absolute atomic E-state index is 0.162. The molecule has 2 atom stereocenters. The van der Waals surface area contributed by atoms with E-state index in [-0.39, 0.29) is 24.4 Å². The molecule has 0 spiro atoms. The summed E-state index contributed by atoms with van der Waals surface area (Å²) in [6.45, 7) is 0.360. The van der Waals surface area contributed by atoms with Gasteiger partial charge in [-0.2, -0.15) is 0 Å². The first-order valence-electron chi connectivity index (χ1n) is 11.9.